The van der Waals surface area contributed by atoms with Crippen LogP contribution in [0.15, 0.2) is 60.9 Å². The Bertz CT molecular complexity index is 1010. The zero-order valence-electron chi connectivity index (χ0n) is 16.1. The molecule has 0 N–H and O–H groups in total. The maximum atomic E-state index is 12.9. The van der Waals surface area contributed by atoms with Crippen molar-refractivity contribution in [1.82, 2.24) is 14.9 Å². The molecule has 6 nitrogen and oxygen atoms in total. The second-order valence-corrected chi connectivity index (χ2v) is 7.64. The van der Waals surface area contributed by atoms with Crippen LogP contribution >= 0.6 is 0 Å². The van der Waals surface area contributed by atoms with Crippen molar-refractivity contribution in [2.75, 3.05) is 26.3 Å². The summed E-state index contributed by atoms with van der Waals surface area (Å²) in [4.78, 5) is 23.4. The van der Waals surface area contributed by atoms with E-state index in [1.54, 1.807) is 0 Å². The van der Waals surface area contributed by atoms with Crippen LogP contribution in [-0.2, 0) is 9.53 Å². The molecule has 3 atom stereocenters. The number of morpholine rings is 1. The van der Waals surface area contributed by atoms with E-state index in [1.807, 2.05) is 47.4 Å². The van der Waals surface area contributed by atoms with E-state index in [1.165, 1.54) is 11.9 Å². The van der Waals surface area contributed by atoms with E-state index in [2.05, 4.69) is 22.1 Å². The Morgan fingerprint density at radius 3 is 2.83 bits per heavy atom. The van der Waals surface area contributed by atoms with E-state index in [-0.39, 0.29) is 17.9 Å². The number of ether oxygens (including phenoxy) is 2. The summed E-state index contributed by atoms with van der Waals surface area (Å²) in [5, 5.41) is 0.877. The van der Waals surface area contributed by atoms with Gasteiger partial charge in [-0.2, -0.15) is 0 Å². The topological polar surface area (TPSA) is 64.6 Å². The second kappa shape index (κ2) is 7.79. The lowest BCUT2D eigenvalue weighted by Crippen LogP contribution is -2.48. The van der Waals surface area contributed by atoms with Crippen molar-refractivity contribution in [3.05, 3.63) is 66.5 Å². The Morgan fingerprint density at radius 1 is 1.10 bits per heavy atom. The van der Waals surface area contributed by atoms with Crippen LogP contribution < -0.4 is 4.74 Å². The zero-order valence-corrected chi connectivity index (χ0v) is 16.1. The second-order valence-electron chi connectivity index (χ2n) is 7.64. The van der Waals surface area contributed by atoms with Crippen molar-refractivity contribution in [2.45, 2.75) is 18.4 Å². The first-order valence-corrected chi connectivity index (χ1v) is 10.1. The van der Waals surface area contributed by atoms with Crippen LogP contribution in [0.5, 0.6) is 5.88 Å². The third-order valence-electron chi connectivity index (χ3n) is 5.70. The van der Waals surface area contributed by atoms with Gasteiger partial charge in [0.1, 0.15) is 19.0 Å². The molecule has 29 heavy (non-hydrogen) atoms. The molecule has 1 amide bonds. The molecule has 1 aliphatic heterocycles. The highest BCUT2D eigenvalue weighted by Crippen LogP contribution is 2.48. The monoisotopic (exact) mass is 389 g/mol. The first-order chi connectivity index (χ1) is 14.3. The molecule has 1 aliphatic carbocycles. The van der Waals surface area contributed by atoms with Crippen LogP contribution in [0.3, 0.4) is 0 Å². The van der Waals surface area contributed by atoms with Crippen molar-refractivity contribution in [3.8, 4) is 5.88 Å². The van der Waals surface area contributed by atoms with Crippen LogP contribution in [-0.4, -0.2) is 53.2 Å². The van der Waals surface area contributed by atoms with Gasteiger partial charge in [0.2, 0.25) is 11.8 Å². The summed E-state index contributed by atoms with van der Waals surface area (Å²) in [7, 11) is 0. The van der Waals surface area contributed by atoms with Gasteiger partial charge in [-0.3, -0.25) is 4.79 Å². The summed E-state index contributed by atoms with van der Waals surface area (Å²) in [6.45, 7) is 2.09. The lowest BCUT2D eigenvalue weighted by molar-refractivity contribution is -0.141. The van der Waals surface area contributed by atoms with Crippen LogP contribution in [0.2, 0.25) is 0 Å². The fourth-order valence-electron chi connectivity index (χ4n) is 4.06. The van der Waals surface area contributed by atoms with Gasteiger partial charge >= 0.3 is 0 Å². The molecule has 2 fully saturated rings. The Morgan fingerprint density at radius 2 is 1.93 bits per heavy atom. The number of carbonyl (C=O) groups excluding carboxylic acids is 1. The van der Waals surface area contributed by atoms with Gasteiger partial charge < -0.3 is 14.4 Å². The molecule has 148 valence electrons. The minimum absolute atomic E-state index is 0.0999. The minimum Gasteiger partial charge on any atom is -0.474 e. The van der Waals surface area contributed by atoms with E-state index >= 15 is 0 Å². The number of amides is 1. The number of hydrogen-bond acceptors (Lipinski definition) is 5. The Hall–Kier alpha value is -2.99. The van der Waals surface area contributed by atoms with E-state index in [4.69, 9.17) is 9.47 Å². The summed E-state index contributed by atoms with van der Waals surface area (Å²) in [5.74, 6) is 1.24. The van der Waals surface area contributed by atoms with Crippen LogP contribution in [0, 0.1) is 5.92 Å². The maximum Gasteiger partial charge on any atom is 0.226 e. The molecule has 0 spiro atoms. The van der Waals surface area contributed by atoms with Gasteiger partial charge in [-0.1, -0.05) is 42.5 Å². The average Bonchev–Trinajstić information content (AvgIpc) is 3.59. The molecule has 2 heterocycles. The summed E-state index contributed by atoms with van der Waals surface area (Å²) in [5.41, 5.74) is 2.11. The molecule has 2 aliphatic rings. The van der Waals surface area contributed by atoms with E-state index < -0.39 is 0 Å². The number of aromatic nitrogens is 2. The Balaban J connectivity index is 1.19. The van der Waals surface area contributed by atoms with E-state index in [0.29, 0.717) is 38.1 Å². The fraction of sp³-hybridized carbons (Fsp3) is 0.348. The standard InChI is InChI=1S/C23H23N3O3/c27-23(20-12-19(20)16-6-2-1-3-7-16)26-10-11-28-17(13-26)14-29-22-18-8-4-5-9-21(18)24-15-25-22/h1-9,15,17,19-20H,10-14H2. The van der Waals surface area contributed by atoms with Crippen LogP contribution in [0.1, 0.15) is 17.9 Å². The van der Waals surface area contributed by atoms with Gasteiger partial charge in [-0.15, -0.1) is 0 Å². The molecule has 2 aromatic carbocycles. The van der Waals surface area contributed by atoms with Gasteiger partial charge in [0.25, 0.3) is 0 Å². The lowest BCUT2D eigenvalue weighted by atomic mass is 10.1. The number of benzene rings is 2. The molecule has 0 bridgehead atoms. The summed E-state index contributed by atoms with van der Waals surface area (Å²) < 4.78 is 11.8. The van der Waals surface area contributed by atoms with Crippen molar-refractivity contribution in [2.24, 2.45) is 5.92 Å². The quantitative estimate of drug-likeness (QED) is 0.671. The molecule has 1 saturated heterocycles. The molecular formula is C23H23N3O3. The first kappa shape index (κ1) is 18.1. The minimum atomic E-state index is -0.157. The van der Waals surface area contributed by atoms with Gasteiger partial charge in [-0.05, 0) is 30.0 Å². The molecule has 6 heteroatoms. The predicted octanol–water partition coefficient (Wildman–Crippen LogP) is 3.04. The number of rotatable bonds is 5. The van der Waals surface area contributed by atoms with Crippen molar-refractivity contribution < 1.29 is 14.3 Å². The highest BCUT2D eigenvalue weighted by molar-refractivity contribution is 5.83. The number of fused-ring (bicyclic) bond motifs is 1. The number of para-hydroxylation sites is 1. The van der Waals surface area contributed by atoms with Crippen LogP contribution in [0.4, 0.5) is 0 Å². The number of hydrogen-bond donors (Lipinski definition) is 0. The third-order valence-corrected chi connectivity index (χ3v) is 5.70. The zero-order chi connectivity index (χ0) is 19.6. The van der Waals surface area contributed by atoms with E-state index in [9.17, 15) is 4.79 Å². The highest BCUT2D eigenvalue weighted by Gasteiger charge is 2.46. The van der Waals surface area contributed by atoms with Crippen LogP contribution in [0.25, 0.3) is 10.9 Å². The number of carbonyl (C=O) groups is 1. The largest absolute Gasteiger partial charge is 0.474 e. The number of nitrogens with zero attached hydrogens (tertiary/aromatic N) is 3. The summed E-state index contributed by atoms with van der Waals surface area (Å²) in [6.07, 6.45) is 2.29. The van der Waals surface area contributed by atoms with Gasteiger partial charge in [0, 0.05) is 12.5 Å². The van der Waals surface area contributed by atoms with Gasteiger partial charge in [0.05, 0.1) is 24.1 Å². The van der Waals surface area contributed by atoms with E-state index in [0.717, 1.165) is 17.3 Å². The molecule has 0 radical (unpaired) electrons. The Labute approximate surface area is 169 Å². The van der Waals surface area contributed by atoms with Gasteiger partial charge in [-0.25, -0.2) is 9.97 Å². The lowest BCUT2D eigenvalue weighted by Gasteiger charge is -2.33. The first-order valence-electron chi connectivity index (χ1n) is 10.1. The Kier molecular flexibility index (Phi) is 4.86. The SMILES string of the molecule is O=C(C1CC1c1ccccc1)N1CCOC(COc2ncnc3ccccc23)C1. The molecular weight excluding hydrogens is 366 g/mol. The molecule has 3 unspecified atom stereocenters. The summed E-state index contributed by atoms with van der Waals surface area (Å²) in [6, 6.07) is 18.1. The normalized spacial score (nSPS) is 23.7. The smallest absolute Gasteiger partial charge is 0.226 e. The maximum absolute atomic E-state index is 12.9. The summed E-state index contributed by atoms with van der Waals surface area (Å²) >= 11 is 0. The highest BCUT2D eigenvalue weighted by atomic mass is 16.5. The molecule has 3 aromatic rings. The molecule has 5 rings (SSSR count). The fourth-order valence-corrected chi connectivity index (χ4v) is 4.06. The molecule has 1 saturated carbocycles. The van der Waals surface area contributed by atoms with Crippen molar-refractivity contribution in [3.63, 3.8) is 0 Å². The average molecular weight is 389 g/mol. The molecule has 1 aromatic heterocycles. The van der Waals surface area contributed by atoms with Crippen molar-refractivity contribution in [1.29, 1.82) is 0 Å². The van der Waals surface area contributed by atoms with Gasteiger partial charge in [0.15, 0.2) is 0 Å². The third kappa shape index (κ3) is 3.80. The van der Waals surface area contributed by atoms with Crippen molar-refractivity contribution >= 4 is 16.8 Å². The predicted molar refractivity (Wildman–Crippen MR) is 109 cm³/mol.